The first kappa shape index (κ1) is 22.9. The number of carboxylic acid groups (broad SMARTS) is 2. The molecule has 0 saturated carbocycles. The van der Waals surface area contributed by atoms with Crippen LogP contribution in [0.5, 0.6) is 0 Å². The van der Waals surface area contributed by atoms with Crippen LogP contribution in [0.4, 0.5) is 0 Å². The molecule has 0 spiro atoms. The van der Waals surface area contributed by atoms with E-state index in [1.54, 1.807) is 0 Å². The van der Waals surface area contributed by atoms with Gasteiger partial charge in [-0.05, 0) is 0 Å². The third-order valence-corrected chi connectivity index (χ3v) is 0.934. The molecule has 12 heavy (non-hydrogen) atoms. The zero-order valence-electron chi connectivity index (χ0n) is 5.55. The Bertz CT molecular complexity index is 142. The van der Waals surface area contributed by atoms with Crippen molar-refractivity contribution in [3.63, 3.8) is 0 Å². The van der Waals surface area contributed by atoms with Crippen molar-refractivity contribution in [3.8, 4) is 0 Å². The Morgan fingerprint density at radius 1 is 1.25 bits per heavy atom. The number of halogens is 3. The van der Waals surface area contributed by atoms with Crippen molar-refractivity contribution in [1.29, 1.82) is 0 Å². The maximum absolute atomic E-state index is 9.70. The van der Waals surface area contributed by atoms with E-state index in [0.717, 1.165) is 0 Å². The summed E-state index contributed by atoms with van der Waals surface area (Å²) < 4.78 is 0. The number of hydrogen-bond donors (Lipinski definition) is 0. The molecule has 1 atom stereocenters. The smallest absolute Gasteiger partial charge is 1.00 e. The molecule has 0 aromatic heterocycles. The summed E-state index contributed by atoms with van der Waals surface area (Å²) in [6.07, 6.45) is -0.718. The SMILES string of the molecule is O=C([O-])CC(Cl)C(=O)[O-].[Cl-].[Cl-].[Ti+4]. The monoisotopic (exact) mass is 268 g/mol. The third-order valence-electron chi connectivity index (χ3n) is 0.602. The normalized spacial score (nSPS) is 9.42. The molecule has 0 amide bonds. The van der Waals surface area contributed by atoms with Crippen molar-refractivity contribution < 1.29 is 66.3 Å². The van der Waals surface area contributed by atoms with E-state index < -0.39 is 23.7 Å². The van der Waals surface area contributed by atoms with Crippen molar-refractivity contribution in [2.75, 3.05) is 0 Å². The zero-order valence-corrected chi connectivity index (χ0v) is 9.38. The van der Waals surface area contributed by atoms with Crippen LogP contribution < -0.4 is 35.0 Å². The van der Waals surface area contributed by atoms with Gasteiger partial charge in [-0.1, -0.05) is 0 Å². The maximum Gasteiger partial charge on any atom is 4.00 e. The number of carbonyl (C=O) groups excluding carboxylic acids is 2. The summed E-state index contributed by atoms with van der Waals surface area (Å²) >= 11 is 4.93. The second-order valence-corrected chi connectivity index (χ2v) is 1.89. The Kier molecular flexibility index (Phi) is 22.0. The Morgan fingerprint density at radius 2 is 1.58 bits per heavy atom. The first-order valence-electron chi connectivity index (χ1n) is 2.09. The van der Waals surface area contributed by atoms with Gasteiger partial charge in [0.25, 0.3) is 0 Å². The molecule has 68 valence electrons. The van der Waals surface area contributed by atoms with Crippen LogP contribution in [0.25, 0.3) is 0 Å². The first-order chi connectivity index (χ1) is 4.04. The molecule has 0 saturated heterocycles. The average Bonchev–Trinajstić information content (AvgIpc) is 1.63. The molecule has 0 aromatic rings. The van der Waals surface area contributed by atoms with Crippen LogP contribution in [0.2, 0.25) is 0 Å². The van der Waals surface area contributed by atoms with Gasteiger partial charge in [-0.2, -0.15) is 0 Å². The van der Waals surface area contributed by atoms with Crippen LogP contribution in [0.1, 0.15) is 6.42 Å². The molecule has 0 rings (SSSR count). The Hall–Kier alpha value is 0.524. The molecular formula is C4H3Cl3O4Ti. The van der Waals surface area contributed by atoms with Gasteiger partial charge < -0.3 is 44.6 Å². The summed E-state index contributed by atoms with van der Waals surface area (Å²) in [7, 11) is 0. The Balaban J connectivity index is -0.000000107. The third kappa shape index (κ3) is 13.1. The minimum absolute atomic E-state index is 0. The van der Waals surface area contributed by atoms with E-state index in [2.05, 4.69) is 0 Å². The van der Waals surface area contributed by atoms with Gasteiger partial charge in [0.1, 0.15) is 0 Å². The summed E-state index contributed by atoms with van der Waals surface area (Å²) in [5, 5.41) is 17.8. The van der Waals surface area contributed by atoms with Gasteiger partial charge in [0.15, 0.2) is 0 Å². The molecule has 1 unspecified atom stereocenters. The van der Waals surface area contributed by atoms with Gasteiger partial charge in [0.2, 0.25) is 0 Å². The number of rotatable bonds is 3. The van der Waals surface area contributed by atoms with Crippen molar-refractivity contribution >= 4 is 23.5 Å². The van der Waals surface area contributed by atoms with E-state index in [0.29, 0.717) is 0 Å². The summed E-state index contributed by atoms with van der Waals surface area (Å²) in [6.45, 7) is 0. The molecule has 8 heteroatoms. The van der Waals surface area contributed by atoms with Gasteiger partial charge in [0.05, 0.1) is 11.3 Å². The summed E-state index contributed by atoms with van der Waals surface area (Å²) in [5.74, 6) is -3.10. The molecule has 0 aliphatic carbocycles. The van der Waals surface area contributed by atoms with Gasteiger partial charge in [-0.15, -0.1) is 11.6 Å². The van der Waals surface area contributed by atoms with Crippen LogP contribution in [0.15, 0.2) is 0 Å². The predicted octanol–water partition coefficient (Wildman–Crippen LogP) is -8.51. The molecule has 0 radical (unpaired) electrons. The van der Waals surface area contributed by atoms with Crippen molar-refractivity contribution in [2.24, 2.45) is 0 Å². The van der Waals surface area contributed by atoms with Crippen molar-refractivity contribution in [3.05, 3.63) is 0 Å². The van der Waals surface area contributed by atoms with Crippen LogP contribution in [-0.4, -0.2) is 17.3 Å². The largest absolute Gasteiger partial charge is 4.00 e. The minimum atomic E-state index is -1.60. The van der Waals surface area contributed by atoms with Gasteiger partial charge in [0, 0.05) is 12.4 Å². The fourth-order valence-electron chi connectivity index (χ4n) is 0.230. The standard InChI is InChI=1S/C4H5ClO4.2ClH.Ti/c5-2(4(8)9)1-3(6)7;;;/h2H,1H2,(H,6,7)(H,8,9);2*1H;/q;;;+4/p-4. The Labute approximate surface area is 101 Å². The van der Waals surface area contributed by atoms with Crippen molar-refractivity contribution in [1.82, 2.24) is 0 Å². The van der Waals surface area contributed by atoms with E-state index in [1.807, 2.05) is 0 Å². The van der Waals surface area contributed by atoms with E-state index in [1.165, 1.54) is 0 Å². The fraction of sp³-hybridized carbons (Fsp3) is 0.500. The molecule has 0 N–H and O–H groups in total. The number of alkyl halides is 1. The van der Waals surface area contributed by atoms with Gasteiger partial charge in [-0.25, -0.2) is 0 Å². The number of hydrogen-bond acceptors (Lipinski definition) is 4. The first-order valence-corrected chi connectivity index (χ1v) is 2.52. The molecule has 0 aromatic carbocycles. The van der Waals surface area contributed by atoms with E-state index in [4.69, 9.17) is 11.6 Å². The quantitative estimate of drug-likeness (QED) is 0.376. The molecule has 0 heterocycles. The van der Waals surface area contributed by atoms with E-state index >= 15 is 0 Å². The van der Waals surface area contributed by atoms with Crippen LogP contribution in [-0.2, 0) is 31.3 Å². The van der Waals surface area contributed by atoms with Crippen LogP contribution in [0.3, 0.4) is 0 Å². The molecular weight excluding hydrogens is 266 g/mol. The van der Waals surface area contributed by atoms with E-state index in [9.17, 15) is 19.8 Å². The Morgan fingerprint density at radius 3 is 1.67 bits per heavy atom. The predicted molar refractivity (Wildman–Crippen MR) is 24.3 cm³/mol. The zero-order chi connectivity index (χ0) is 7.44. The number of aliphatic carboxylic acids is 2. The maximum atomic E-state index is 9.70. The number of carboxylic acids is 2. The topological polar surface area (TPSA) is 80.3 Å². The number of carbonyl (C=O) groups is 2. The van der Waals surface area contributed by atoms with Gasteiger partial charge >= 0.3 is 21.7 Å². The summed E-state index contributed by atoms with van der Waals surface area (Å²) in [6, 6.07) is 0. The average molecular weight is 269 g/mol. The summed E-state index contributed by atoms with van der Waals surface area (Å²) in [5.41, 5.74) is 0. The minimum Gasteiger partial charge on any atom is -1.00 e. The molecule has 0 bridgehead atoms. The molecule has 0 fully saturated rings. The van der Waals surface area contributed by atoms with E-state index in [-0.39, 0.29) is 46.5 Å². The summed E-state index contributed by atoms with van der Waals surface area (Å²) in [4.78, 5) is 19.3. The van der Waals surface area contributed by atoms with Crippen LogP contribution >= 0.6 is 11.6 Å². The van der Waals surface area contributed by atoms with Gasteiger partial charge in [-0.3, -0.25) is 0 Å². The second kappa shape index (κ2) is 11.5. The van der Waals surface area contributed by atoms with Crippen molar-refractivity contribution in [2.45, 2.75) is 11.8 Å². The molecule has 0 aliphatic heterocycles. The second-order valence-electron chi connectivity index (χ2n) is 1.36. The fourth-order valence-corrected chi connectivity index (χ4v) is 0.356. The molecule has 4 nitrogen and oxygen atoms in total. The van der Waals surface area contributed by atoms with Crippen LogP contribution in [0, 0.1) is 0 Å². The molecule has 0 aliphatic rings.